The van der Waals surface area contributed by atoms with Crippen LogP contribution in [-0.2, 0) is 5.75 Å². The summed E-state index contributed by atoms with van der Waals surface area (Å²) in [6.07, 6.45) is 1.83. The van der Waals surface area contributed by atoms with Gasteiger partial charge in [0.2, 0.25) is 0 Å². The zero-order valence-corrected chi connectivity index (χ0v) is 14.1. The van der Waals surface area contributed by atoms with Crippen molar-refractivity contribution >= 4 is 22.8 Å². The molecule has 4 nitrogen and oxygen atoms in total. The number of aromatic amines is 1. The van der Waals surface area contributed by atoms with E-state index in [1.165, 1.54) is 0 Å². The molecule has 2 heterocycles. The van der Waals surface area contributed by atoms with Crippen LogP contribution in [-0.4, -0.2) is 15.0 Å². The number of hydrogen-bond acceptors (Lipinski definition) is 4. The fourth-order valence-corrected chi connectivity index (χ4v) is 3.45. The summed E-state index contributed by atoms with van der Waals surface area (Å²) < 4.78 is 0. The van der Waals surface area contributed by atoms with Gasteiger partial charge in [-0.1, -0.05) is 30.3 Å². The number of rotatable bonds is 4. The van der Waals surface area contributed by atoms with Crippen LogP contribution in [0.2, 0.25) is 0 Å². The lowest BCUT2D eigenvalue weighted by molar-refractivity contribution is 1.12. The Morgan fingerprint density at radius 3 is 2.64 bits per heavy atom. The normalized spacial score (nSPS) is 10.7. The molecule has 0 aliphatic heterocycles. The molecule has 0 bridgehead atoms. The zero-order valence-electron chi connectivity index (χ0n) is 13.3. The summed E-state index contributed by atoms with van der Waals surface area (Å²) in [5.41, 5.74) is 4.66. The Kier molecular flexibility index (Phi) is 4.19. The van der Waals surface area contributed by atoms with Gasteiger partial charge in [0.1, 0.15) is 5.82 Å². The van der Waals surface area contributed by atoms with Crippen LogP contribution in [0, 0.1) is 11.3 Å². The van der Waals surface area contributed by atoms with Gasteiger partial charge in [0.25, 0.3) is 0 Å². The van der Waals surface area contributed by atoms with Crippen LogP contribution in [0.1, 0.15) is 11.1 Å². The molecule has 4 aromatic rings. The number of imidazole rings is 1. The number of benzene rings is 2. The second-order valence-electron chi connectivity index (χ2n) is 5.55. The van der Waals surface area contributed by atoms with E-state index in [0.717, 1.165) is 38.8 Å². The Bertz CT molecular complexity index is 1030. The van der Waals surface area contributed by atoms with E-state index in [0.29, 0.717) is 5.56 Å². The third-order valence-electron chi connectivity index (χ3n) is 3.91. The minimum absolute atomic E-state index is 0.717. The summed E-state index contributed by atoms with van der Waals surface area (Å²) in [7, 11) is 0. The number of nitrogens with one attached hydrogen (secondary N) is 1. The predicted octanol–water partition coefficient (Wildman–Crippen LogP) is 4.79. The summed E-state index contributed by atoms with van der Waals surface area (Å²) in [6.45, 7) is 0. The van der Waals surface area contributed by atoms with Gasteiger partial charge in [0.05, 0.1) is 27.7 Å². The molecule has 0 saturated heterocycles. The average Bonchev–Trinajstić information content (AvgIpc) is 3.11. The summed E-state index contributed by atoms with van der Waals surface area (Å²) >= 11 is 1.62. The molecule has 0 atom stereocenters. The molecule has 1 N–H and O–H groups in total. The maximum Gasteiger partial charge on any atom is 0.140 e. The first-order valence-corrected chi connectivity index (χ1v) is 8.84. The van der Waals surface area contributed by atoms with E-state index >= 15 is 0 Å². The molecule has 4 rings (SSSR count). The average molecular weight is 342 g/mol. The molecule has 5 heteroatoms. The van der Waals surface area contributed by atoms with E-state index in [1.807, 2.05) is 66.9 Å². The molecular weight excluding hydrogens is 328 g/mol. The number of hydrogen-bond donors (Lipinski definition) is 1. The van der Waals surface area contributed by atoms with Crippen LogP contribution >= 0.6 is 11.8 Å². The standard InChI is InChI=1S/C20H14N4S/c21-11-14-5-1-2-6-16(14)13-25-19-10-9-15(12-22-19)20-23-17-7-3-4-8-18(17)24-20/h1-10,12H,13H2,(H,23,24). The fourth-order valence-electron chi connectivity index (χ4n) is 2.60. The van der Waals surface area contributed by atoms with Crippen LogP contribution in [0.25, 0.3) is 22.4 Å². The largest absolute Gasteiger partial charge is 0.338 e. The SMILES string of the molecule is N#Cc1ccccc1CSc1ccc(-c2nc3ccccc3[nH]2)cn1. The van der Waals surface area contributed by atoms with Crippen LogP contribution in [0.4, 0.5) is 0 Å². The van der Waals surface area contributed by atoms with Gasteiger partial charge in [-0.15, -0.1) is 11.8 Å². The van der Waals surface area contributed by atoms with E-state index in [9.17, 15) is 0 Å². The van der Waals surface area contributed by atoms with Gasteiger partial charge in [-0.25, -0.2) is 9.97 Å². The Balaban J connectivity index is 1.51. The van der Waals surface area contributed by atoms with E-state index in [-0.39, 0.29) is 0 Å². The lowest BCUT2D eigenvalue weighted by Gasteiger charge is -2.04. The Hall–Kier alpha value is -3.10. The van der Waals surface area contributed by atoms with E-state index in [1.54, 1.807) is 11.8 Å². The second kappa shape index (κ2) is 6.80. The van der Waals surface area contributed by atoms with Crippen molar-refractivity contribution in [1.82, 2.24) is 15.0 Å². The van der Waals surface area contributed by atoms with Gasteiger partial charge in [-0.05, 0) is 35.9 Å². The molecule has 2 aromatic heterocycles. The van der Waals surface area contributed by atoms with Gasteiger partial charge in [0, 0.05) is 17.5 Å². The maximum absolute atomic E-state index is 9.15. The maximum atomic E-state index is 9.15. The quantitative estimate of drug-likeness (QED) is 0.542. The number of para-hydroxylation sites is 2. The van der Waals surface area contributed by atoms with Crippen molar-refractivity contribution in [3.63, 3.8) is 0 Å². The molecule has 0 spiro atoms. The minimum Gasteiger partial charge on any atom is -0.338 e. The number of pyridine rings is 1. The van der Waals surface area contributed by atoms with Crippen molar-refractivity contribution in [3.8, 4) is 17.5 Å². The number of nitriles is 1. The summed E-state index contributed by atoms with van der Waals surface area (Å²) in [4.78, 5) is 12.4. The molecule has 0 aliphatic rings. The fraction of sp³-hybridized carbons (Fsp3) is 0.0500. The first kappa shape index (κ1) is 15.4. The van der Waals surface area contributed by atoms with Gasteiger partial charge < -0.3 is 4.98 Å². The minimum atomic E-state index is 0.717. The molecule has 0 saturated carbocycles. The first-order chi connectivity index (χ1) is 12.3. The summed E-state index contributed by atoms with van der Waals surface area (Å²) in [5.74, 6) is 1.54. The Labute approximate surface area is 149 Å². The monoisotopic (exact) mass is 342 g/mol. The van der Waals surface area contributed by atoms with Gasteiger partial charge in [-0.3, -0.25) is 0 Å². The van der Waals surface area contributed by atoms with Crippen molar-refractivity contribution in [2.24, 2.45) is 0 Å². The van der Waals surface area contributed by atoms with E-state index in [4.69, 9.17) is 5.26 Å². The summed E-state index contributed by atoms with van der Waals surface area (Å²) in [6, 6.07) is 21.9. The molecule has 0 fully saturated rings. The van der Waals surface area contributed by atoms with Crippen LogP contribution in [0.15, 0.2) is 71.9 Å². The lowest BCUT2D eigenvalue weighted by Crippen LogP contribution is -1.88. The first-order valence-electron chi connectivity index (χ1n) is 7.85. The van der Waals surface area contributed by atoms with Crippen molar-refractivity contribution in [2.45, 2.75) is 10.8 Å². The number of fused-ring (bicyclic) bond motifs is 1. The van der Waals surface area contributed by atoms with Crippen molar-refractivity contribution < 1.29 is 0 Å². The second-order valence-corrected chi connectivity index (χ2v) is 6.54. The van der Waals surface area contributed by atoms with E-state index < -0.39 is 0 Å². The molecule has 0 amide bonds. The molecular formula is C20H14N4S. The zero-order chi connectivity index (χ0) is 17.1. The van der Waals surface area contributed by atoms with Crippen molar-refractivity contribution in [2.75, 3.05) is 0 Å². The van der Waals surface area contributed by atoms with Crippen molar-refractivity contribution in [1.29, 1.82) is 5.26 Å². The third kappa shape index (κ3) is 3.25. The van der Waals surface area contributed by atoms with Crippen molar-refractivity contribution in [3.05, 3.63) is 78.0 Å². The highest BCUT2D eigenvalue weighted by molar-refractivity contribution is 7.98. The van der Waals surface area contributed by atoms with Gasteiger partial charge in [0.15, 0.2) is 0 Å². The summed E-state index contributed by atoms with van der Waals surface area (Å²) in [5, 5.41) is 10.1. The highest BCUT2D eigenvalue weighted by Gasteiger charge is 2.07. The Morgan fingerprint density at radius 1 is 1.00 bits per heavy atom. The third-order valence-corrected chi connectivity index (χ3v) is 4.91. The number of nitrogens with zero attached hydrogens (tertiary/aromatic N) is 3. The van der Waals surface area contributed by atoms with Gasteiger partial charge in [-0.2, -0.15) is 5.26 Å². The molecule has 120 valence electrons. The molecule has 0 aliphatic carbocycles. The van der Waals surface area contributed by atoms with Crippen LogP contribution in [0.3, 0.4) is 0 Å². The molecule has 0 unspecified atom stereocenters. The smallest absolute Gasteiger partial charge is 0.140 e. The number of thioether (sulfide) groups is 1. The highest BCUT2D eigenvalue weighted by atomic mass is 32.2. The van der Waals surface area contributed by atoms with Crippen LogP contribution in [0.5, 0.6) is 0 Å². The molecule has 25 heavy (non-hydrogen) atoms. The van der Waals surface area contributed by atoms with Crippen LogP contribution < -0.4 is 0 Å². The van der Waals surface area contributed by atoms with E-state index in [2.05, 4.69) is 21.0 Å². The molecule has 2 aromatic carbocycles. The predicted molar refractivity (Wildman–Crippen MR) is 100 cm³/mol. The topological polar surface area (TPSA) is 65.4 Å². The number of aromatic nitrogens is 3. The molecule has 0 radical (unpaired) electrons. The lowest BCUT2D eigenvalue weighted by atomic mass is 10.1. The number of H-pyrrole nitrogens is 1. The highest BCUT2D eigenvalue weighted by Crippen LogP contribution is 2.25. The Morgan fingerprint density at radius 2 is 1.84 bits per heavy atom. The van der Waals surface area contributed by atoms with Gasteiger partial charge >= 0.3 is 0 Å².